The van der Waals surface area contributed by atoms with Crippen LogP contribution in [0.25, 0.3) is 0 Å². The van der Waals surface area contributed by atoms with Crippen LogP contribution >= 0.6 is 0 Å². The Morgan fingerprint density at radius 2 is 2.31 bits per heavy atom. The number of hydrogen-bond acceptors (Lipinski definition) is 6. The molecule has 11 nitrogen and oxygen atoms in total. The van der Waals surface area contributed by atoms with E-state index in [1.807, 2.05) is 19.4 Å². The lowest BCUT2D eigenvalue weighted by Crippen LogP contribution is -2.48. The van der Waals surface area contributed by atoms with E-state index in [9.17, 15) is 10.1 Å². The van der Waals surface area contributed by atoms with Gasteiger partial charge in [0.25, 0.3) is 0 Å². The molecule has 0 saturated carbocycles. The third kappa shape index (κ3) is 4.17. The van der Waals surface area contributed by atoms with Crippen molar-refractivity contribution in [3.63, 3.8) is 0 Å². The van der Waals surface area contributed by atoms with E-state index in [2.05, 4.69) is 25.4 Å². The van der Waals surface area contributed by atoms with E-state index in [1.54, 1.807) is 11.7 Å². The van der Waals surface area contributed by atoms with E-state index < -0.39 is 4.92 Å². The van der Waals surface area contributed by atoms with Gasteiger partial charge in [0.1, 0.15) is 18.5 Å². The summed E-state index contributed by atoms with van der Waals surface area (Å²) in [7, 11) is 3.61. The number of rotatable bonds is 5. The Morgan fingerprint density at radius 1 is 1.46 bits per heavy atom. The quantitative estimate of drug-likeness (QED) is 0.349. The first-order valence-electron chi connectivity index (χ1n) is 8.29. The van der Waals surface area contributed by atoms with E-state index in [0.29, 0.717) is 26.2 Å². The van der Waals surface area contributed by atoms with Gasteiger partial charge in [0.05, 0.1) is 30.8 Å². The van der Waals surface area contributed by atoms with E-state index in [0.717, 1.165) is 18.1 Å². The number of aryl methyl sites for hydroxylation is 1. The maximum absolute atomic E-state index is 10.7. The molecule has 1 saturated heterocycles. The highest BCUT2D eigenvalue weighted by molar-refractivity contribution is 5.80. The number of guanidine groups is 1. The Bertz CT molecular complexity index is 783. The summed E-state index contributed by atoms with van der Waals surface area (Å²) in [6.45, 7) is 3.08. The molecule has 0 radical (unpaired) electrons. The minimum Gasteiger partial charge on any atom is -0.370 e. The van der Waals surface area contributed by atoms with E-state index in [4.69, 9.17) is 4.74 Å². The second-order valence-electron chi connectivity index (χ2n) is 5.95. The van der Waals surface area contributed by atoms with Crippen molar-refractivity contribution in [1.82, 2.24) is 29.8 Å². The molecule has 1 atom stereocenters. The molecule has 3 heterocycles. The first-order valence-corrected chi connectivity index (χ1v) is 8.29. The maximum Gasteiger partial charge on any atom is 0.306 e. The van der Waals surface area contributed by atoms with Crippen molar-refractivity contribution >= 4 is 11.6 Å². The number of ether oxygens (including phenoxy) is 1. The standard InChI is InChI=1S/C15H22N8O3/c1-16-15(17-3-4-22-10-13(8-19-22)23(24)25)21-5-6-26-14(11-21)12-7-18-20(2)9-12/h7-10,14H,3-6,11H2,1-2H3,(H,16,17). The van der Waals surface area contributed by atoms with Crippen LogP contribution in [0.2, 0.25) is 0 Å². The Kier molecular flexibility index (Phi) is 5.46. The van der Waals surface area contributed by atoms with Gasteiger partial charge in [-0.2, -0.15) is 10.2 Å². The fourth-order valence-electron chi connectivity index (χ4n) is 2.83. The van der Waals surface area contributed by atoms with E-state index >= 15 is 0 Å². The number of nitrogens with zero attached hydrogens (tertiary/aromatic N) is 7. The van der Waals surface area contributed by atoms with E-state index in [-0.39, 0.29) is 11.8 Å². The third-order valence-corrected chi connectivity index (χ3v) is 4.13. The lowest BCUT2D eigenvalue weighted by molar-refractivity contribution is -0.385. The molecular weight excluding hydrogens is 340 g/mol. The highest BCUT2D eigenvalue weighted by Gasteiger charge is 2.25. The molecule has 1 aliphatic rings. The van der Waals surface area contributed by atoms with Gasteiger partial charge in [-0.25, -0.2) is 0 Å². The number of hydrogen-bond donors (Lipinski definition) is 1. The van der Waals surface area contributed by atoms with E-state index in [1.165, 1.54) is 17.1 Å². The zero-order valence-electron chi connectivity index (χ0n) is 14.8. The molecule has 1 N–H and O–H groups in total. The van der Waals surface area contributed by atoms with Gasteiger partial charge < -0.3 is 15.0 Å². The van der Waals surface area contributed by atoms with Crippen LogP contribution in [0.3, 0.4) is 0 Å². The molecule has 0 amide bonds. The van der Waals surface area contributed by atoms with Crippen LogP contribution in [0.4, 0.5) is 5.69 Å². The minimum absolute atomic E-state index is 0.0122. The Labute approximate surface area is 150 Å². The molecule has 26 heavy (non-hydrogen) atoms. The Morgan fingerprint density at radius 3 is 2.96 bits per heavy atom. The third-order valence-electron chi connectivity index (χ3n) is 4.13. The smallest absolute Gasteiger partial charge is 0.306 e. The molecule has 0 aromatic carbocycles. The summed E-state index contributed by atoms with van der Waals surface area (Å²) in [5.74, 6) is 0.767. The van der Waals surface area contributed by atoms with Gasteiger partial charge >= 0.3 is 5.69 Å². The van der Waals surface area contributed by atoms with Crippen molar-refractivity contribution in [3.8, 4) is 0 Å². The number of nitro groups is 1. The van der Waals surface area contributed by atoms with Crippen molar-refractivity contribution in [2.75, 3.05) is 33.3 Å². The molecule has 1 unspecified atom stereocenters. The summed E-state index contributed by atoms with van der Waals surface area (Å²) >= 11 is 0. The number of morpholine rings is 1. The fraction of sp³-hybridized carbons (Fsp3) is 0.533. The molecule has 2 aromatic heterocycles. The van der Waals surface area contributed by atoms with Gasteiger partial charge in [0.15, 0.2) is 5.96 Å². The molecule has 0 bridgehead atoms. The lowest BCUT2D eigenvalue weighted by Gasteiger charge is -2.34. The summed E-state index contributed by atoms with van der Waals surface area (Å²) in [5, 5.41) is 22.1. The number of aliphatic imine (C=N–C) groups is 1. The monoisotopic (exact) mass is 362 g/mol. The molecule has 1 aliphatic heterocycles. The van der Waals surface area contributed by atoms with Crippen LogP contribution in [-0.2, 0) is 18.3 Å². The first-order chi connectivity index (χ1) is 12.6. The van der Waals surface area contributed by atoms with Gasteiger partial charge in [-0.15, -0.1) is 0 Å². The summed E-state index contributed by atoms with van der Waals surface area (Å²) in [5.41, 5.74) is 1.03. The average molecular weight is 362 g/mol. The number of nitrogens with one attached hydrogen (secondary N) is 1. The van der Waals surface area contributed by atoms with Crippen molar-refractivity contribution in [3.05, 3.63) is 40.5 Å². The van der Waals surface area contributed by atoms with Crippen molar-refractivity contribution in [2.45, 2.75) is 12.6 Å². The predicted octanol–water partition coefficient (Wildman–Crippen LogP) is 0.174. The summed E-state index contributed by atoms with van der Waals surface area (Å²) < 4.78 is 9.14. The van der Waals surface area contributed by atoms with Gasteiger partial charge in [0, 0.05) is 38.9 Å². The van der Waals surface area contributed by atoms with Crippen LogP contribution in [0.5, 0.6) is 0 Å². The van der Waals surface area contributed by atoms with Crippen LogP contribution in [0.15, 0.2) is 29.8 Å². The van der Waals surface area contributed by atoms with Crippen molar-refractivity contribution in [2.24, 2.45) is 12.0 Å². The predicted molar refractivity (Wildman–Crippen MR) is 93.7 cm³/mol. The SMILES string of the molecule is CN=C(NCCn1cc([N+](=O)[O-])cn1)N1CCOC(c2cnn(C)c2)C1. The summed E-state index contributed by atoms with van der Waals surface area (Å²) in [4.78, 5) is 16.7. The molecule has 3 rings (SSSR count). The second kappa shape index (κ2) is 7.95. The molecule has 0 aliphatic carbocycles. The minimum atomic E-state index is -0.456. The molecule has 140 valence electrons. The number of aromatic nitrogens is 4. The highest BCUT2D eigenvalue weighted by Crippen LogP contribution is 2.21. The summed E-state index contributed by atoms with van der Waals surface area (Å²) in [6, 6.07) is 0. The summed E-state index contributed by atoms with van der Waals surface area (Å²) in [6.07, 6.45) is 6.38. The van der Waals surface area contributed by atoms with Crippen LogP contribution in [-0.4, -0.2) is 68.6 Å². The lowest BCUT2D eigenvalue weighted by atomic mass is 10.1. The van der Waals surface area contributed by atoms with Gasteiger partial charge in [-0.05, 0) is 0 Å². The maximum atomic E-state index is 10.7. The van der Waals surface area contributed by atoms with Gasteiger partial charge in [-0.1, -0.05) is 0 Å². The zero-order chi connectivity index (χ0) is 18.5. The van der Waals surface area contributed by atoms with Crippen molar-refractivity contribution in [1.29, 1.82) is 0 Å². The highest BCUT2D eigenvalue weighted by atomic mass is 16.6. The zero-order valence-corrected chi connectivity index (χ0v) is 14.8. The first kappa shape index (κ1) is 17.9. The molecule has 2 aromatic rings. The molecule has 1 fully saturated rings. The topological polar surface area (TPSA) is 116 Å². The Hall–Kier alpha value is -2.95. The normalized spacial score (nSPS) is 18.2. The fourth-order valence-corrected chi connectivity index (χ4v) is 2.83. The van der Waals surface area contributed by atoms with Crippen molar-refractivity contribution < 1.29 is 9.66 Å². The molecular formula is C15H22N8O3. The van der Waals surface area contributed by atoms with Gasteiger partial charge in [0.2, 0.25) is 0 Å². The largest absolute Gasteiger partial charge is 0.370 e. The average Bonchev–Trinajstić information content (AvgIpc) is 3.28. The Balaban J connectivity index is 1.53. The van der Waals surface area contributed by atoms with Crippen LogP contribution in [0.1, 0.15) is 11.7 Å². The van der Waals surface area contributed by atoms with Crippen LogP contribution < -0.4 is 5.32 Å². The molecule has 11 heteroatoms. The van der Waals surface area contributed by atoms with Gasteiger partial charge in [-0.3, -0.25) is 24.5 Å². The second-order valence-corrected chi connectivity index (χ2v) is 5.95. The molecule has 0 spiro atoms. The van der Waals surface area contributed by atoms with Crippen LogP contribution in [0, 0.1) is 10.1 Å².